The standard InChI is InChI=1S/C7H7F2N/c8-6-4-2-1-3-5(6)7(9)10/h1-4,7H,10H2. The zero-order valence-electron chi connectivity index (χ0n) is 5.22. The zero-order valence-corrected chi connectivity index (χ0v) is 5.22. The highest BCUT2D eigenvalue weighted by molar-refractivity contribution is 5.18. The highest BCUT2D eigenvalue weighted by atomic mass is 19.1. The van der Waals surface area contributed by atoms with Gasteiger partial charge in [-0.05, 0) is 6.07 Å². The van der Waals surface area contributed by atoms with Crippen molar-refractivity contribution in [2.45, 2.75) is 6.30 Å². The Kier molecular flexibility index (Phi) is 1.97. The molecular weight excluding hydrogens is 136 g/mol. The van der Waals surface area contributed by atoms with Gasteiger partial charge < -0.3 is 0 Å². The third kappa shape index (κ3) is 1.30. The first-order valence-electron chi connectivity index (χ1n) is 2.86. The van der Waals surface area contributed by atoms with Crippen molar-refractivity contribution in [3.8, 4) is 0 Å². The SMILES string of the molecule is NC(F)c1ccccc1F. The Balaban J connectivity index is 3.03. The van der Waals surface area contributed by atoms with E-state index in [0.717, 1.165) is 0 Å². The van der Waals surface area contributed by atoms with Gasteiger partial charge in [0.05, 0.1) is 0 Å². The van der Waals surface area contributed by atoms with Crippen LogP contribution in [-0.4, -0.2) is 0 Å². The number of halogens is 2. The van der Waals surface area contributed by atoms with Crippen LogP contribution in [0.3, 0.4) is 0 Å². The van der Waals surface area contributed by atoms with Gasteiger partial charge in [0.2, 0.25) is 0 Å². The number of hydrogen-bond donors (Lipinski definition) is 1. The third-order valence-electron chi connectivity index (χ3n) is 1.20. The molecule has 1 nitrogen and oxygen atoms in total. The molecule has 0 saturated carbocycles. The molecule has 0 aliphatic carbocycles. The summed E-state index contributed by atoms with van der Waals surface area (Å²) < 4.78 is 24.8. The van der Waals surface area contributed by atoms with Crippen LogP contribution in [0.1, 0.15) is 11.9 Å². The molecule has 0 aliphatic heterocycles. The summed E-state index contributed by atoms with van der Waals surface area (Å²) in [6.45, 7) is 0. The van der Waals surface area contributed by atoms with Crippen molar-refractivity contribution in [3.63, 3.8) is 0 Å². The van der Waals surface area contributed by atoms with Crippen LogP contribution in [0.25, 0.3) is 0 Å². The Bertz CT molecular complexity index is 223. The van der Waals surface area contributed by atoms with Gasteiger partial charge in [0.25, 0.3) is 0 Å². The summed E-state index contributed by atoms with van der Waals surface area (Å²) in [5.41, 5.74) is 4.71. The molecule has 0 aliphatic rings. The van der Waals surface area contributed by atoms with Gasteiger partial charge in [-0.3, -0.25) is 5.73 Å². The molecule has 0 bridgehead atoms. The molecule has 1 atom stereocenters. The fraction of sp³-hybridized carbons (Fsp3) is 0.143. The maximum absolute atomic E-state index is 12.5. The molecule has 0 saturated heterocycles. The molecular formula is C7H7F2N. The van der Waals surface area contributed by atoms with Crippen LogP contribution >= 0.6 is 0 Å². The summed E-state index contributed by atoms with van der Waals surface area (Å²) in [6.07, 6.45) is -1.72. The second-order valence-corrected chi connectivity index (χ2v) is 1.92. The predicted octanol–water partition coefficient (Wildman–Crippen LogP) is 1.75. The van der Waals surface area contributed by atoms with Gasteiger partial charge in [0, 0.05) is 5.56 Å². The molecule has 0 amide bonds. The van der Waals surface area contributed by atoms with Crippen molar-refractivity contribution < 1.29 is 8.78 Å². The predicted molar refractivity (Wildman–Crippen MR) is 34.4 cm³/mol. The smallest absolute Gasteiger partial charge is 0.177 e. The number of rotatable bonds is 1. The van der Waals surface area contributed by atoms with Crippen molar-refractivity contribution in [3.05, 3.63) is 35.6 Å². The van der Waals surface area contributed by atoms with Crippen LogP contribution in [0.4, 0.5) is 8.78 Å². The van der Waals surface area contributed by atoms with E-state index in [-0.39, 0.29) is 5.56 Å². The minimum atomic E-state index is -1.72. The maximum Gasteiger partial charge on any atom is 0.177 e. The first-order valence-corrected chi connectivity index (χ1v) is 2.86. The maximum atomic E-state index is 12.5. The molecule has 0 spiro atoms. The summed E-state index contributed by atoms with van der Waals surface area (Å²) >= 11 is 0. The van der Waals surface area contributed by atoms with E-state index in [1.54, 1.807) is 0 Å². The molecule has 10 heavy (non-hydrogen) atoms. The monoisotopic (exact) mass is 143 g/mol. The molecule has 1 aromatic rings. The number of alkyl halides is 1. The van der Waals surface area contributed by atoms with Crippen LogP contribution in [0.5, 0.6) is 0 Å². The van der Waals surface area contributed by atoms with Crippen LogP contribution in [0, 0.1) is 5.82 Å². The van der Waals surface area contributed by atoms with Gasteiger partial charge in [-0.2, -0.15) is 0 Å². The fourth-order valence-electron chi connectivity index (χ4n) is 0.699. The van der Waals surface area contributed by atoms with Gasteiger partial charge >= 0.3 is 0 Å². The molecule has 1 aromatic carbocycles. The van der Waals surface area contributed by atoms with Crippen molar-refractivity contribution in [2.75, 3.05) is 0 Å². The van der Waals surface area contributed by atoms with E-state index in [9.17, 15) is 8.78 Å². The first-order chi connectivity index (χ1) is 4.72. The number of nitrogens with two attached hydrogens (primary N) is 1. The summed E-state index contributed by atoms with van der Waals surface area (Å²) in [7, 11) is 0. The van der Waals surface area contributed by atoms with E-state index < -0.39 is 12.1 Å². The lowest BCUT2D eigenvalue weighted by Gasteiger charge is -2.01. The largest absolute Gasteiger partial charge is 0.298 e. The van der Waals surface area contributed by atoms with Crippen LogP contribution in [0.2, 0.25) is 0 Å². The lowest BCUT2D eigenvalue weighted by molar-refractivity contribution is 0.344. The van der Waals surface area contributed by atoms with Gasteiger partial charge in [-0.1, -0.05) is 18.2 Å². The minimum Gasteiger partial charge on any atom is -0.298 e. The number of hydrogen-bond acceptors (Lipinski definition) is 1. The summed E-state index contributed by atoms with van der Waals surface area (Å²) in [4.78, 5) is 0. The summed E-state index contributed by atoms with van der Waals surface area (Å²) in [5.74, 6) is -0.600. The lowest BCUT2D eigenvalue weighted by Crippen LogP contribution is -2.05. The van der Waals surface area contributed by atoms with Crippen LogP contribution in [0.15, 0.2) is 24.3 Å². The average molecular weight is 143 g/mol. The highest BCUT2D eigenvalue weighted by Crippen LogP contribution is 2.14. The van der Waals surface area contributed by atoms with E-state index in [0.29, 0.717) is 0 Å². The van der Waals surface area contributed by atoms with E-state index in [1.165, 1.54) is 24.3 Å². The third-order valence-corrected chi connectivity index (χ3v) is 1.20. The Labute approximate surface area is 57.5 Å². The molecule has 54 valence electrons. The average Bonchev–Trinajstić information content (AvgIpc) is 1.88. The lowest BCUT2D eigenvalue weighted by atomic mass is 10.2. The molecule has 0 heterocycles. The van der Waals surface area contributed by atoms with Gasteiger partial charge in [-0.15, -0.1) is 0 Å². The highest BCUT2D eigenvalue weighted by Gasteiger charge is 2.06. The van der Waals surface area contributed by atoms with Crippen molar-refractivity contribution in [2.24, 2.45) is 5.73 Å². The Hall–Kier alpha value is -0.960. The van der Waals surface area contributed by atoms with E-state index in [4.69, 9.17) is 5.73 Å². The van der Waals surface area contributed by atoms with E-state index >= 15 is 0 Å². The second kappa shape index (κ2) is 2.75. The molecule has 0 aromatic heterocycles. The van der Waals surface area contributed by atoms with Gasteiger partial charge in [0.15, 0.2) is 6.30 Å². The van der Waals surface area contributed by atoms with Gasteiger partial charge in [-0.25, -0.2) is 8.78 Å². The number of benzene rings is 1. The molecule has 2 N–H and O–H groups in total. The normalized spacial score (nSPS) is 13.1. The fourth-order valence-corrected chi connectivity index (χ4v) is 0.699. The molecule has 0 radical (unpaired) electrons. The van der Waals surface area contributed by atoms with Crippen molar-refractivity contribution in [1.29, 1.82) is 0 Å². The van der Waals surface area contributed by atoms with Crippen LogP contribution < -0.4 is 5.73 Å². The van der Waals surface area contributed by atoms with E-state index in [1.807, 2.05) is 0 Å². The minimum absolute atomic E-state index is 0.0949. The zero-order chi connectivity index (χ0) is 7.56. The molecule has 1 unspecified atom stereocenters. The summed E-state index contributed by atoms with van der Waals surface area (Å²) in [5, 5.41) is 0. The van der Waals surface area contributed by atoms with Crippen molar-refractivity contribution >= 4 is 0 Å². The van der Waals surface area contributed by atoms with Gasteiger partial charge in [0.1, 0.15) is 5.82 Å². The van der Waals surface area contributed by atoms with Crippen LogP contribution in [-0.2, 0) is 0 Å². The molecule has 0 fully saturated rings. The molecule has 1 rings (SSSR count). The quantitative estimate of drug-likeness (QED) is 0.595. The second-order valence-electron chi connectivity index (χ2n) is 1.92. The topological polar surface area (TPSA) is 26.0 Å². The molecule has 3 heteroatoms. The van der Waals surface area contributed by atoms with E-state index in [2.05, 4.69) is 0 Å². The first kappa shape index (κ1) is 7.15. The Morgan fingerprint density at radius 2 is 1.90 bits per heavy atom. The Morgan fingerprint density at radius 1 is 1.30 bits per heavy atom. The van der Waals surface area contributed by atoms with Crippen molar-refractivity contribution in [1.82, 2.24) is 0 Å². The Morgan fingerprint density at radius 3 is 2.30 bits per heavy atom. The summed E-state index contributed by atoms with van der Waals surface area (Å²) in [6, 6.07) is 5.52.